The second-order valence-electron chi connectivity index (χ2n) is 4.86. The molecule has 0 spiro atoms. The van der Waals surface area contributed by atoms with Gasteiger partial charge in [-0.1, -0.05) is 12.1 Å². The van der Waals surface area contributed by atoms with E-state index in [-0.39, 0.29) is 5.75 Å². The van der Waals surface area contributed by atoms with Gasteiger partial charge in [0.1, 0.15) is 11.3 Å². The maximum atomic E-state index is 9.77. The number of terminal acetylenes is 1. The van der Waals surface area contributed by atoms with Gasteiger partial charge in [0, 0.05) is 23.5 Å². The maximum Gasteiger partial charge on any atom is 0.141 e. The summed E-state index contributed by atoms with van der Waals surface area (Å²) in [6.45, 7) is 1.93. The van der Waals surface area contributed by atoms with Gasteiger partial charge in [-0.2, -0.15) is 0 Å². The van der Waals surface area contributed by atoms with Gasteiger partial charge in [0.25, 0.3) is 0 Å². The number of phenols is 1. The highest BCUT2D eigenvalue weighted by Gasteiger charge is 2.19. The predicted octanol–water partition coefficient (Wildman–Crippen LogP) is 2.22. The van der Waals surface area contributed by atoms with Gasteiger partial charge < -0.3 is 10.8 Å². The van der Waals surface area contributed by atoms with Crippen molar-refractivity contribution in [2.75, 3.05) is 0 Å². The number of hydrogen-bond acceptors (Lipinski definition) is 3. The fraction of sp³-hybridized carbons (Fsp3) is 0.267. The summed E-state index contributed by atoms with van der Waals surface area (Å²) in [5, 5.41) is 10.7. The monoisotopic (exact) mass is 240 g/mol. The number of nitrogens with two attached hydrogens (primary N) is 1. The maximum absolute atomic E-state index is 9.77. The molecule has 0 radical (unpaired) electrons. The zero-order valence-electron chi connectivity index (χ0n) is 10.4. The molecule has 3 heteroatoms. The summed E-state index contributed by atoms with van der Waals surface area (Å²) in [6.07, 6.45) is 8.15. The molecule has 92 valence electrons. The third-order valence-electron chi connectivity index (χ3n) is 2.94. The highest BCUT2D eigenvalue weighted by molar-refractivity contribution is 5.87. The highest BCUT2D eigenvalue weighted by Crippen LogP contribution is 2.27. The van der Waals surface area contributed by atoms with E-state index in [4.69, 9.17) is 12.2 Å². The molecular formula is C15H16N2O. The first-order valence-corrected chi connectivity index (χ1v) is 5.81. The molecule has 0 saturated heterocycles. The molecule has 1 aromatic carbocycles. The third kappa shape index (κ3) is 2.44. The summed E-state index contributed by atoms with van der Waals surface area (Å²) in [7, 11) is 0. The minimum Gasteiger partial charge on any atom is -0.506 e. The van der Waals surface area contributed by atoms with Crippen molar-refractivity contribution in [3.63, 3.8) is 0 Å². The normalized spacial score (nSPS) is 14.1. The van der Waals surface area contributed by atoms with Crippen LogP contribution < -0.4 is 5.73 Å². The Bertz CT molecular complexity index is 611. The van der Waals surface area contributed by atoms with E-state index >= 15 is 0 Å². The topological polar surface area (TPSA) is 59.1 Å². The molecule has 2 rings (SSSR count). The van der Waals surface area contributed by atoms with Crippen LogP contribution in [-0.4, -0.2) is 15.6 Å². The summed E-state index contributed by atoms with van der Waals surface area (Å²) in [5.41, 5.74) is 7.37. The number of aromatic hydroxyl groups is 1. The van der Waals surface area contributed by atoms with Crippen LogP contribution in [0.5, 0.6) is 5.75 Å². The van der Waals surface area contributed by atoms with Crippen LogP contribution in [0.3, 0.4) is 0 Å². The molecule has 18 heavy (non-hydrogen) atoms. The summed E-state index contributed by atoms with van der Waals surface area (Å²) < 4.78 is 0. The number of aromatic nitrogens is 1. The van der Waals surface area contributed by atoms with Crippen LogP contribution >= 0.6 is 0 Å². The van der Waals surface area contributed by atoms with E-state index < -0.39 is 5.54 Å². The Morgan fingerprint density at radius 3 is 2.94 bits per heavy atom. The van der Waals surface area contributed by atoms with Crippen molar-refractivity contribution in [2.24, 2.45) is 5.73 Å². The van der Waals surface area contributed by atoms with E-state index in [1.54, 1.807) is 12.3 Å². The SMILES string of the molecule is C#CCC(C)(N)Cc1ccc(O)c2ncccc12. The van der Waals surface area contributed by atoms with Crippen LogP contribution in [0, 0.1) is 12.3 Å². The zero-order valence-corrected chi connectivity index (χ0v) is 10.4. The van der Waals surface area contributed by atoms with Crippen LogP contribution in [0.15, 0.2) is 30.5 Å². The molecule has 1 unspecified atom stereocenters. The van der Waals surface area contributed by atoms with Gasteiger partial charge in [0.15, 0.2) is 0 Å². The van der Waals surface area contributed by atoms with Crippen molar-refractivity contribution >= 4 is 10.9 Å². The highest BCUT2D eigenvalue weighted by atomic mass is 16.3. The molecule has 0 aliphatic heterocycles. The quantitative estimate of drug-likeness (QED) is 0.809. The van der Waals surface area contributed by atoms with E-state index in [1.807, 2.05) is 25.1 Å². The summed E-state index contributed by atoms with van der Waals surface area (Å²) in [4.78, 5) is 4.19. The number of phenolic OH excluding ortho intramolecular Hbond substituents is 1. The van der Waals surface area contributed by atoms with Crippen molar-refractivity contribution < 1.29 is 5.11 Å². The Labute approximate surface area is 107 Å². The zero-order chi connectivity index (χ0) is 13.2. The molecule has 1 aromatic heterocycles. The van der Waals surface area contributed by atoms with Crippen LogP contribution in [-0.2, 0) is 6.42 Å². The molecule has 0 aliphatic rings. The second-order valence-corrected chi connectivity index (χ2v) is 4.86. The van der Waals surface area contributed by atoms with Gasteiger partial charge >= 0.3 is 0 Å². The average molecular weight is 240 g/mol. The number of nitrogens with zero attached hydrogens (tertiary/aromatic N) is 1. The molecule has 1 atom stereocenters. The number of benzene rings is 1. The molecular weight excluding hydrogens is 224 g/mol. The average Bonchev–Trinajstić information content (AvgIpc) is 2.33. The van der Waals surface area contributed by atoms with Gasteiger partial charge in [0.05, 0.1) is 0 Å². The van der Waals surface area contributed by atoms with E-state index in [2.05, 4.69) is 10.9 Å². The Hall–Kier alpha value is -2.05. The van der Waals surface area contributed by atoms with Crippen molar-refractivity contribution in [1.82, 2.24) is 4.98 Å². The molecule has 3 nitrogen and oxygen atoms in total. The smallest absolute Gasteiger partial charge is 0.141 e. The molecule has 2 aromatic rings. The standard InChI is InChI=1S/C15H16N2O/c1-3-8-15(2,16)10-11-6-7-13(18)14-12(11)5-4-9-17-14/h1,4-7,9,18H,8,10,16H2,2H3. The van der Waals surface area contributed by atoms with Crippen molar-refractivity contribution in [3.8, 4) is 18.1 Å². The summed E-state index contributed by atoms with van der Waals surface area (Å²) in [5.74, 6) is 2.78. The summed E-state index contributed by atoms with van der Waals surface area (Å²) >= 11 is 0. The minimum absolute atomic E-state index is 0.185. The molecule has 0 amide bonds. The number of fused-ring (bicyclic) bond motifs is 1. The molecule has 1 heterocycles. The van der Waals surface area contributed by atoms with Crippen LogP contribution in [0.2, 0.25) is 0 Å². The fourth-order valence-electron chi connectivity index (χ4n) is 2.10. The lowest BCUT2D eigenvalue weighted by Crippen LogP contribution is -2.38. The van der Waals surface area contributed by atoms with E-state index in [1.165, 1.54) is 0 Å². The number of rotatable bonds is 3. The lowest BCUT2D eigenvalue weighted by Gasteiger charge is -2.22. The Balaban J connectivity index is 2.47. The molecule has 0 bridgehead atoms. The molecule has 0 fully saturated rings. The Morgan fingerprint density at radius 1 is 1.44 bits per heavy atom. The lowest BCUT2D eigenvalue weighted by atomic mass is 9.89. The second kappa shape index (κ2) is 4.67. The van der Waals surface area contributed by atoms with Gasteiger partial charge in [-0.3, -0.25) is 4.98 Å². The minimum atomic E-state index is -0.450. The van der Waals surface area contributed by atoms with Gasteiger partial charge in [0.2, 0.25) is 0 Å². The first-order valence-electron chi connectivity index (χ1n) is 5.81. The number of pyridine rings is 1. The summed E-state index contributed by atoms with van der Waals surface area (Å²) in [6, 6.07) is 7.31. The van der Waals surface area contributed by atoms with E-state index in [9.17, 15) is 5.11 Å². The van der Waals surface area contributed by atoms with Crippen molar-refractivity contribution in [1.29, 1.82) is 0 Å². The van der Waals surface area contributed by atoms with Crippen LogP contribution in [0.4, 0.5) is 0 Å². The van der Waals surface area contributed by atoms with Gasteiger partial charge in [-0.25, -0.2) is 0 Å². The van der Waals surface area contributed by atoms with E-state index in [0.717, 1.165) is 10.9 Å². The Kier molecular flexibility index (Phi) is 3.22. The van der Waals surface area contributed by atoms with Gasteiger partial charge in [-0.05, 0) is 31.0 Å². The first kappa shape index (κ1) is 12.4. The van der Waals surface area contributed by atoms with Crippen LogP contribution in [0.1, 0.15) is 18.9 Å². The van der Waals surface area contributed by atoms with Gasteiger partial charge in [-0.15, -0.1) is 12.3 Å². The lowest BCUT2D eigenvalue weighted by molar-refractivity contribution is 0.474. The van der Waals surface area contributed by atoms with Crippen molar-refractivity contribution in [2.45, 2.75) is 25.3 Å². The molecule has 0 saturated carbocycles. The van der Waals surface area contributed by atoms with Crippen molar-refractivity contribution in [3.05, 3.63) is 36.0 Å². The fourth-order valence-corrected chi connectivity index (χ4v) is 2.10. The number of hydrogen-bond donors (Lipinski definition) is 2. The predicted molar refractivity (Wildman–Crippen MR) is 73.2 cm³/mol. The molecule has 0 aliphatic carbocycles. The van der Waals surface area contributed by atoms with Crippen LogP contribution in [0.25, 0.3) is 10.9 Å². The first-order chi connectivity index (χ1) is 8.53. The molecule has 3 N–H and O–H groups in total. The Morgan fingerprint density at radius 2 is 2.22 bits per heavy atom. The largest absolute Gasteiger partial charge is 0.506 e. The third-order valence-corrected chi connectivity index (χ3v) is 2.94. The van der Waals surface area contributed by atoms with E-state index in [0.29, 0.717) is 18.4 Å².